The minimum atomic E-state index is -3.68. The van der Waals surface area contributed by atoms with Crippen molar-refractivity contribution in [2.75, 3.05) is 5.32 Å². The molecule has 0 aromatic heterocycles. The fraction of sp³-hybridized carbons (Fsp3) is 0.133. The summed E-state index contributed by atoms with van der Waals surface area (Å²) >= 11 is 6.69. The number of nitrogens with one attached hydrogen (secondary N) is 1. The standard InChI is InChI=1S/C15H12Br2N2O2S/c16-11-8-12(17)15-13(9-11)22(20,21)19-14(18-15)7-6-10-4-2-1-3-5-10/h1-5,8-9H,6-7H2,(H,18,19). The van der Waals surface area contributed by atoms with Crippen molar-refractivity contribution >= 4 is 53.4 Å². The molecule has 0 saturated heterocycles. The molecule has 0 saturated carbocycles. The summed E-state index contributed by atoms with van der Waals surface area (Å²) in [5.74, 6) is 0.458. The van der Waals surface area contributed by atoms with Gasteiger partial charge >= 0.3 is 0 Å². The van der Waals surface area contributed by atoms with E-state index in [0.29, 0.717) is 26.9 Å². The van der Waals surface area contributed by atoms with E-state index in [0.717, 1.165) is 12.0 Å². The first-order chi connectivity index (χ1) is 10.5. The molecule has 1 aliphatic rings. The van der Waals surface area contributed by atoms with Crippen LogP contribution in [0.2, 0.25) is 0 Å². The van der Waals surface area contributed by atoms with E-state index in [1.165, 1.54) is 0 Å². The Balaban J connectivity index is 1.89. The lowest BCUT2D eigenvalue weighted by molar-refractivity contribution is 0.597. The maximum atomic E-state index is 12.3. The predicted octanol–water partition coefficient (Wildman–Crippen LogP) is 4.36. The molecule has 3 rings (SSSR count). The summed E-state index contributed by atoms with van der Waals surface area (Å²) in [5.41, 5.74) is 1.69. The molecular formula is C15H12Br2N2O2S. The van der Waals surface area contributed by atoms with Gasteiger partial charge in [-0.15, -0.1) is 4.40 Å². The second-order valence-electron chi connectivity index (χ2n) is 4.88. The average Bonchev–Trinajstić information content (AvgIpc) is 2.47. The Morgan fingerprint density at radius 3 is 2.50 bits per heavy atom. The van der Waals surface area contributed by atoms with Gasteiger partial charge in [-0.25, -0.2) is 0 Å². The number of anilines is 1. The molecule has 2 aromatic rings. The van der Waals surface area contributed by atoms with E-state index in [9.17, 15) is 8.42 Å². The van der Waals surface area contributed by atoms with Gasteiger partial charge in [0, 0.05) is 15.4 Å². The van der Waals surface area contributed by atoms with Gasteiger partial charge in [0.05, 0.1) is 5.69 Å². The lowest BCUT2D eigenvalue weighted by Gasteiger charge is -2.20. The smallest absolute Gasteiger partial charge is 0.286 e. The SMILES string of the molecule is O=S1(=O)N=C(CCc2ccccc2)Nc2c(Br)cc(Br)cc21. The van der Waals surface area contributed by atoms with Gasteiger partial charge in [-0.2, -0.15) is 8.42 Å². The first kappa shape index (κ1) is 15.7. The van der Waals surface area contributed by atoms with Gasteiger partial charge in [-0.05, 0) is 40.0 Å². The summed E-state index contributed by atoms with van der Waals surface area (Å²) in [6.45, 7) is 0. The van der Waals surface area contributed by atoms with E-state index in [2.05, 4.69) is 41.6 Å². The molecular weight excluding hydrogens is 432 g/mol. The molecule has 1 heterocycles. The van der Waals surface area contributed by atoms with Gasteiger partial charge < -0.3 is 5.32 Å². The Morgan fingerprint density at radius 2 is 1.77 bits per heavy atom. The average molecular weight is 444 g/mol. The van der Waals surface area contributed by atoms with E-state index in [-0.39, 0.29) is 4.90 Å². The van der Waals surface area contributed by atoms with Crippen molar-refractivity contribution in [2.45, 2.75) is 17.7 Å². The Bertz CT molecular complexity index is 849. The van der Waals surface area contributed by atoms with Crippen LogP contribution in [0.1, 0.15) is 12.0 Å². The van der Waals surface area contributed by atoms with Gasteiger partial charge in [-0.3, -0.25) is 0 Å². The molecule has 0 bridgehead atoms. The zero-order chi connectivity index (χ0) is 15.7. The molecule has 1 N–H and O–H groups in total. The van der Waals surface area contributed by atoms with E-state index < -0.39 is 10.0 Å². The van der Waals surface area contributed by atoms with E-state index in [4.69, 9.17) is 0 Å². The number of nitrogens with zero attached hydrogens (tertiary/aromatic N) is 1. The molecule has 0 atom stereocenters. The molecule has 2 aromatic carbocycles. The molecule has 0 aliphatic carbocycles. The molecule has 1 aliphatic heterocycles. The summed E-state index contributed by atoms with van der Waals surface area (Å²) in [7, 11) is -3.68. The third-order valence-corrected chi connectivity index (χ3v) is 5.71. The Kier molecular flexibility index (Phi) is 4.38. The summed E-state index contributed by atoms with van der Waals surface area (Å²) < 4.78 is 29.9. The van der Waals surface area contributed by atoms with Crippen LogP contribution in [-0.2, 0) is 16.4 Å². The molecule has 0 fully saturated rings. The molecule has 0 amide bonds. The molecule has 4 nitrogen and oxygen atoms in total. The van der Waals surface area contributed by atoms with Crippen molar-refractivity contribution in [3.63, 3.8) is 0 Å². The van der Waals surface area contributed by atoms with Crippen molar-refractivity contribution in [2.24, 2.45) is 4.40 Å². The fourth-order valence-corrected chi connectivity index (χ4v) is 5.08. The molecule has 22 heavy (non-hydrogen) atoms. The number of amidine groups is 1. The number of hydrogen-bond donors (Lipinski definition) is 1. The largest absolute Gasteiger partial charge is 0.341 e. The first-order valence-electron chi connectivity index (χ1n) is 6.59. The zero-order valence-corrected chi connectivity index (χ0v) is 15.4. The predicted molar refractivity (Wildman–Crippen MR) is 94.8 cm³/mol. The second kappa shape index (κ2) is 6.14. The van der Waals surface area contributed by atoms with Crippen LogP contribution in [0, 0.1) is 0 Å². The minimum absolute atomic E-state index is 0.178. The second-order valence-corrected chi connectivity index (χ2v) is 8.23. The monoisotopic (exact) mass is 442 g/mol. The van der Waals surface area contributed by atoms with E-state index in [1.807, 2.05) is 36.4 Å². The summed E-state index contributed by atoms with van der Waals surface area (Å²) in [4.78, 5) is 0.178. The highest BCUT2D eigenvalue weighted by molar-refractivity contribution is 9.11. The molecule has 7 heteroatoms. The maximum Gasteiger partial charge on any atom is 0.286 e. The van der Waals surface area contributed by atoms with Gasteiger partial charge in [0.25, 0.3) is 10.0 Å². The van der Waals surface area contributed by atoms with Gasteiger partial charge in [0.15, 0.2) is 0 Å². The quantitative estimate of drug-likeness (QED) is 0.766. The highest BCUT2D eigenvalue weighted by Gasteiger charge is 2.27. The summed E-state index contributed by atoms with van der Waals surface area (Å²) in [6.07, 6.45) is 1.26. The van der Waals surface area contributed by atoms with Gasteiger partial charge in [-0.1, -0.05) is 46.3 Å². The van der Waals surface area contributed by atoms with Crippen LogP contribution in [0.3, 0.4) is 0 Å². The molecule has 0 radical (unpaired) electrons. The zero-order valence-electron chi connectivity index (χ0n) is 11.4. The highest BCUT2D eigenvalue weighted by atomic mass is 79.9. The van der Waals surface area contributed by atoms with Gasteiger partial charge in [0.1, 0.15) is 10.7 Å². The molecule has 0 spiro atoms. The highest BCUT2D eigenvalue weighted by Crippen LogP contribution is 2.37. The van der Waals surface area contributed by atoms with Crippen LogP contribution >= 0.6 is 31.9 Å². The number of halogens is 2. The topological polar surface area (TPSA) is 58.5 Å². The molecule has 114 valence electrons. The summed E-state index contributed by atoms with van der Waals surface area (Å²) in [6, 6.07) is 13.3. The van der Waals surface area contributed by atoms with Crippen LogP contribution in [0.4, 0.5) is 5.69 Å². The number of benzene rings is 2. The van der Waals surface area contributed by atoms with Crippen LogP contribution < -0.4 is 5.32 Å². The van der Waals surface area contributed by atoms with Crippen molar-refractivity contribution in [1.29, 1.82) is 0 Å². The van der Waals surface area contributed by atoms with Crippen LogP contribution in [0.25, 0.3) is 0 Å². The van der Waals surface area contributed by atoms with Crippen molar-refractivity contribution in [3.05, 3.63) is 57.0 Å². The number of aryl methyl sites for hydroxylation is 1. The minimum Gasteiger partial charge on any atom is -0.341 e. The van der Waals surface area contributed by atoms with Crippen LogP contribution in [0.15, 0.2) is 60.7 Å². The first-order valence-corrected chi connectivity index (χ1v) is 9.62. The van der Waals surface area contributed by atoms with E-state index in [1.54, 1.807) is 6.07 Å². The summed E-state index contributed by atoms with van der Waals surface area (Å²) in [5, 5.41) is 3.12. The Morgan fingerprint density at radius 1 is 1.05 bits per heavy atom. The lowest BCUT2D eigenvalue weighted by atomic mass is 10.1. The van der Waals surface area contributed by atoms with Gasteiger partial charge in [0.2, 0.25) is 0 Å². The van der Waals surface area contributed by atoms with Crippen LogP contribution in [-0.4, -0.2) is 14.3 Å². The normalized spacial score (nSPS) is 15.6. The number of hydrogen-bond acceptors (Lipinski definition) is 3. The number of rotatable bonds is 3. The van der Waals surface area contributed by atoms with Crippen molar-refractivity contribution < 1.29 is 8.42 Å². The third kappa shape index (κ3) is 3.26. The van der Waals surface area contributed by atoms with Crippen molar-refractivity contribution in [3.8, 4) is 0 Å². The third-order valence-electron chi connectivity index (χ3n) is 3.29. The Hall–Kier alpha value is -1.18. The maximum absolute atomic E-state index is 12.3. The van der Waals surface area contributed by atoms with E-state index >= 15 is 0 Å². The molecule has 0 unspecified atom stereocenters. The Labute approximate surface area is 146 Å². The fourth-order valence-electron chi connectivity index (χ4n) is 2.25. The van der Waals surface area contributed by atoms with Crippen molar-refractivity contribution in [1.82, 2.24) is 0 Å². The lowest BCUT2D eigenvalue weighted by Crippen LogP contribution is -2.22. The number of sulfonamides is 1. The number of fused-ring (bicyclic) bond motifs is 1. The van der Waals surface area contributed by atoms with Crippen LogP contribution in [0.5, 0.6) is 0 Å².